The van der Waals surface area contributed by atoms with E-state index in [2.05, 4.69) is 9.97 Å². The van der Waals surface area contributed by atoms with Crippen LogP contribution in [0.3, 0.4) is 0 Å². The van der Waals surface area contributed by atoms with Gasteiger partial charge in [-0.25, -0.2) is 13.4 Å². The Morgan fingerprint density at radius 1 is 1.06 bits per heavy atom. The Balaban J connectivity index is 0.000000207. The molecule has 0 saturated heterocycles. The van der Waals surface area contributed by atoms with Crippen molar-refractivity contribution < 1.29 is 8.42 Å². The number of nitrogens with zero attached hydrogens (tertiary/aromatic N) is 3. The molecule has 32 heavy (non-hydrogen) atoms. The van der Waals surface area contributed by atoms with Crippen LogP contribution in [0.4, 0.5) is 11.8 Å². The summed E-state index contributed by atoms with van der Waals surface area (Å²) in [6.07, 6.45) is 2.90. The molecule has 0 bridgehead atoms. The van der Waals surface area contributed by atoms with Crippen LogP contribution >= 0.6 is 11.6 Å². The number of hydrogen-bond donors (Lipinski definition) is 2. The predicted octanol–water partition coefficient (Wildman–Crippen LogP) is 3.25. The molecule has 10 heteroatoms. The first kappa shape index (κ1) is 23.2. The van der Waals surface area contributed by atoms with Crippen molar-refractivity contribution in [1.29, 1.82) is 0 Å². The molecule has 0 saturated carbocycles. The number of rotatable bonds is 3. The van der Waals surface area contributed by atoms with Crippen molar-refractivity contribution in [3.05, 3.63) is 81.9 Å². The summed E-state index contributed by atoms with van der Waals surface area (Å²) in [4.78, 5) is 19.7. The van der Waals surface area contributed by atoms with Crippen LogP contribution in [0.15, 0.2) is 70.5 Å². The van der Waals surface area contributed by atoms with Gasteiger partial charge in [0.25, 0.3) is 5.56 Å². The minimum absolute atomic E-state index is 0.0418. The number of para-hydroxylation sites is 1. The second-order valence-electron chi connectivity index (χ2n) is 6.92. The number of aryl methyl sites for hydroxylation is 1. The Morgan fingerprint density at radius 2 is 1.75 bits per heavy atom. The molecule has 0 aliphatic heterocycles. The van der Waals surface area contributed by atoms with E-state index in [1.165, 1.54) is 0 Å². The second-order valence-corrected chi connectivity index (χ2v) is 9.31. The quantitative estimate of drug-likeness (QED) is 0.468. The molecule has 0 aliphatic rings. The number of halogens is 1. The normalized spacial score (nSPS) is 11.1. The highest BCUT2D eigenvalue weighted by Gasteiger charge is 2.13. The van der Waals surface area contributed by atoms with Crippen molar-refractivity contribution in [2.45, 2.75) is 18.2 Å². The summed E-state index contributed by atoms with van der Waals surface area (Å²) >= 11 is 6.20. The van der Waals surface area contributed by atoms with Crippen molar-refractivity contribution in [2.75, 3.05) is 17.7 Å². The minimum atomic E-state index is -3.36. The zero-order valence-corrected chi connectivity index (χ0v) is 19.1. The Hall–Kier alpha value is -3.43. The second kappa shape index (κ2) is 9.37. The van der Waals surface area contributed by atoms with Crippen LogP contribution in [-0.2, 0) is 16.3 Å². The van der Waals surface area contributed by atoms with E-state index in [1.54, 1.807) is 10.6 Å². The lowest BCUT2D eigenvalue weighted by Gasteiger charge is -2.14. The highest BCUT2D eigenvalue weighted by molar-refractivity contribution is 7.90. The number of nitrogen functional groups attached to an aromatic ring is 2. The summed E-state index contributed by atoms with van der Waals surface area (Å²) in [5, 5.41) is 1.97. The molecule has 0 radical (unpaired) electrons. The summed E-state index contributed by atoms with van der Waals surface area (Å²) in [6, 6.07) is 17.3. The fourth-order valence-electron chi connectivity index (χ4n) is 3.18. The van der Waals surface area contributed by atoms with Crippen molar-refractivity contribution >= 4 is 44.0 Å². The molecule has 4 aromatic rings. The molecule has 4 N–H and O–H groups in total. The van der Waals surface area contributed by atoms with Gasteiger partial charge in [-0.05, 0) is 36.1 Å². The average molecular weight is 472 g/mol. The van der Waals surface area contributed by atoms with Crippen molar-refractivity contribution in [1.82, 2.24) is 14.5 Å². The predicted molar refractivity (Wildman–Crippen MR) is 128 cm³/mol. The molecule has 0 spiro atoms. The molecule has 166 valence electrons. The number of anilines is 2. The summed E-state index contributed by atoms with van der Waals surface area (Å²) in [5.41, 5.74) is 12.3. The summed E-state index contributed by atoms with van der Waals surface area (Å²) in [6.45, 7) is 2.05. The molecule has 8 nitrogen and oxygen atoms in total. The first-order chi connectivity index (χ1) is 15.1. The topological polar surface area (TPSA) is 134 Å². The average Bonchev–Trinajstić information content (AvgIpc) is 2.73. The lowest BCUT2D eigenvalue weighted by Crippen LogP contribution is -2.22. The molecular weight excluding hydrogens is 450 g/mol. The monoisotopic (exact) mass is 471 g/mol. The summed E-state index contributed by atoms with van der Waals surface area (Å²) in [5.74, 6) is -0.162. The highest BCUT2D eigenvalue weighted by atomic mass is 35.5. The van der Waals surface area contributed by atoms with E-state index in [0.29, 0.717) is 10.4 Å². The van der Waals surface area contributed by atoms with Gasteiger partial charge in [0.1, 0.15) is 10.7 Å². The van der Waals surface area contributed by atoms with E-state index < -0.39 is 9.84 Å². The minimum Gasteiger partial charge on any atom is -0.382 e. The van der Waals surface area contributed by atoms with Gasteiger partial charge in [0.15, 0.2) is 9.84 Å². The number of benzene rings is 2. The Morgan fingerprint density at radius 3 is 2.34 bits per heavy atom. The standard InChI is InChI=1S/C17H14ClNO.C5H8N4O2S/c1-2-13-11-12-7-6-10-15(18)16(12)17(20)19(13)14-8-4-3-5-9-14;1-12(10,11)3-2-8-5(7)9-4(3)6/h3-11H,2H2,1H3;2H,1H3,(H4,6,7,8,9). The van der Waals surface area contributed by atoms with Gasteiger partial charge >= 0.3 is 0 Å². The molecular formula is C22H22ClN5O3S. The van der Waals surface area contributed by atoms with Gasteiger partial charge in [-0.3, -0.25) is 9.36 Å². The zero-order chi connectivity index (χ0) is 23.5. The summed E-state index contributed by atoms with van der Waals surface area (Å²) in [7, 11) is -3.36. The third-order valence-corrected chi connectivity index (χ3v) is 6.08. The van der Waals surface area contributed by atoms with Crippen molar-refractivity contribution in [3.63, 3.8) is 0 Å². The molecule has 0 fully saturated rings. The fourth-order valence-corrected chi connectivity index (χ4v) is 4.11. The Kier molecular flexibility index (Phi) is 6.81. The Bertz CT molecular complexity index is 1440. The smallest absolute Gasteiger partial charge is 0.264 e. The molecule has 0 amide bonds. The van der Waals surface area contributed by atoms with Gasteiger partial charge in [0, 0.05) is 17.6 Å². The van der Waals surface area contributed by atoms with Crippen molar-refractivity contribution in [2.24, 2.45) is 0 Å². The van der Waals surface area contributed by atoms with Gasteiger partial charge in [-0.2, -0.15) is 4.98 Å². The van der Waals surface area contributed by atoms with E-state index in [4.69, 9.17) is 23.1 Å². The van der Waals surface area contributed by atoms with Crippen LogP contribution in [-0.4, -0.2) is 29.2 Å². The van der Waals surface area contributed by atoms with E-state index in [0.717, 1.165) is 35.6 Å². The number of fused-ring (bicyclic) bond motifs is 1. The maximum absolute atomic E-state index is 12.8. The van der Waals surface area contributed by atoms with Crippen LogP contribution in [0.1, 0.15) is 12.6 Å². The first-order valence-electron chi connectivity index (χ1n) is 9.60. The van der Waals surface area contributed by atoms with E-state index in [9.17, 15) is 13.2 Å². The number of nitrogens with two attached hydrogens (primary N) is 2. The maximum atomic E-state index is 12.8. The van der Waals surface area contributed by atoms with Crippen LogP contribution in [0, 0.1) is 0 Å². The molecule has 4 rings (SSSR count). The van der Waals surface area contributed by atoms with Gasteiger partial charge in [-0.1, -0.05) is 48.9 Å². The van der Waals surface area contributed by atoms with Crippen LogP contribution in [0.25, 0.3) is 16.5 Å². The maximum Gasteiger partial charge on any atom is 0.264 e. The zero-order valence-electron chi connectivity index (χ0n) is 17.5. The first-order valence-corrected chi connectivity index (χ1v) is 11.9. The highest BCUT2D eigenvalue weighted by Crippen LogP contribution is 2.22. The van der Waals surface area contributed by atoms with Gasteiger partial charge in [0.2, 0.25) is 5.95 Å². The molecule has 0 aliphatic carbocycles. The fraction of sp³-hybridized carbons (Fsp3) is 0.136. The molecule has 0 atom stereocenters. The van der Waals surface area contributed by atoms with Crippen LogP contribution in [0.2, 0.25) is 5.02 Å². The third kappa shape index (κ3) is 4.90. The van der Waals surface area contributed by atoms with E-state index >= 15 is 0 Å². The van der Waals surface area contributed by atoms with Gasteiger partial charge < -0.3 is 11.5 Å². The molecule has 2 aromatic carbocycles. The molecule has 0 unspecified atom stereocenters. The van der Waals surface area contributed by atoms with Crippen LogP contribution in [0.5, 0.6) is 0 Å². The van der Waals surface area contributed by atoms with Crippen LogP contribution < -0.4 is 17.0 Å². The Labute approximate surface area is 190 Å². The van der Waals surface area contributed by atoms with E-state index in [1.807, 2.05) is 55.5 Å². The van der Waals surface area contributed by atoms with Gasteiger partial charge in [0.05, 0.1) is 16.6 Å². The SMILES string of the molecule is CCc1cc2cccc(Cl)c2c(=O)n1-c1ccccc1.CS(=O)(=O)c1cnc(N)nc1N. The lowest BCUT2D eigenvalue weighted by molar-refractivity contribution is 0.601. The number of hydrogen-bond acceptors (Lipinski definition) is 7. The lowest BCUT2D eigenvalue weighted by atomic mass is 10.1. The van der Waals surface area contributed by atoms with Crippen molar-refractivity contribution in [3.8, 4) is 5.69 Å². The number of sulfone groups is 1. The third-order valence-electron chi connectivity index (χ3n) is 4.65. The summed E-state index contributed by atoms with van der Waals surface area (Å²) < 4.78 is 23.7. The van der Waals surface area contributed by atoms with E-state index in [-0.39, 0.29) is 22.2 Å². The number of aromatic nitrogens is 3. The molecule has 2 aromatic heterocycles. The largest absolute Gasteiger partial charge is 0.382 e. The number of pyridine rings is 1. The van der Waals surface area contributed by atoms with Gasteiger partial charge in [-0.15, -0.1) is 0 Å². The molecule has 2 heterocycles.